The van der Waals surface area contributed by atoms with Crippen molar-refractivity contribution in [2.75, 3.05) is 21.3 Å². The molecule has 0 saturated carbocycles. The second kappa shape index (κ2) is 5.86. The van der Waals surface area contributed by atoms with Gasteiger partial charge in [-0.25, -0.2) is 8.42 Å². The first-order valence-electron chi connectivity index (χ1n) is 4.73. The molecule has 0 N–H and O–H groups in total. The predicted molar refractivity (Wildman–Crippen MR) is 69.6 cm³/mol. The van der Waals surface area contributed by atoms with Gasteiger partial charge in [0.25, 0.3) is 0 Å². The highest BCUT2D eigenvalue weighted by Crippen LogP contribution is 2.44. The Labute approximate surface area is 115 Å². The second-order valence-electron chi connectivity index (χ2n) is 3.30. The molecule has 0 spiro atoms. The normalized spacial score (nSPS) is 11.2. The van der Waals surface area contributed by atoms with E-state index < -0.39 is 14.8 Å². The summed E-state index contributed by atoms with van der Waals surface area (Å²) in [6, 6.07) is 1.46. The fraction of sp³-hybridized carbons (Fsp3) is 0.400. The fourth-order valence-electron chi connectivity index (χ4n) is 1.50. The van der Waals surface area contributed by atoms with E-state index in [1.807, 2.05) is 0 Å². The molecule has 0 aliphatic heterocycles. The van der Waals surface area contributed by atoms with Crippen LogP contribution in [0.4, 0.5) is 0 Å². The Morgan fingerprint density at radius 3 is 2.06 bits per heavy atom. The summed E-state index contributed by atoms with van der Waals surface area (Å²) >= 11 is 6.06. The van der Waals surface area contributed by atoms with Gasteiger partial charge in [-0.05, 0) is 6.07 Å². The summed E-state index contributed by atoms with van der Waals surface area (Å²) < 4.78 is 37.5. The lowest BCUT2D eigenvalue weighted by atomic mass is 10.2. The summed E-state index contributed by atoms with van der Waals surface area (Å²) in [5.41, 5.74) is 0.301. The fourth-order valence-corrected chi connectivity index (χ4v) is 2.80. The van der Waals surface area contributed by atoms with Crippen LogP contribution in [0.1, 0.15) is 5.56 Å². The first-order chi connectivity index (χ1) is 8.34. The van der Waals surface area contributed by atoms with Crippen molar-refractivity contribution in [1.29, 1.82) is 0 Å². The van der Waals surface area contributed by atoms with Crippen LogP contribution in [0.3, 0.4) is 0 Å². The average molecular weight is 315 g/mol. The van der Waals surface area contributed by atoms with Crippen molar-refractivity contribution < 1.29 is 22.6 Å². The van der Waals surface area contributed by atoms with Crippen LogP contribution in [0.25, 0.3) is 0 Å². The molecule has 1 aromatic rings. The van der Waals surface area contributed by atoms with Gasteiger partial charge in [0.15, 0.2) is 11.5 Å². The molecule has 0 bridgehead atoms. The van der Waals surface area contributed by atoms with Crippen LogP contribution in [0.15, 0.2) is 6.07 Å². The molecule has 0 fully saturated rings. The first kappa shape index (κ1) is 15.2. The van der Waals surface area contributed by atoms with Gasteiger partial charge in [0.05, 0.1) is 27.1 Å². The molecule has 0 heterocycles. The van der Waals surface area contributed by atoms with Gasteiger partial charge in [-0.1, -0.05) is 11.6 Å². The van der Waals surface area contributed by atoms with Gasteiger partial charge >= 0.3 is 0 Å². The van der Waals surface area contributed by atoms with Crippen LogP contribution < -0.4 is 14.2 Å². The van der Waals surface area contributed by atoms with Gasteiger partial charge in [-0.2, -0.15) is 0 Å². The molecule has 0 radical (unpaired) electrons. The molecule has 0 aliphatic carbocycles. The number of hydrogen-bond acceptors (Lipinski definition) is 5. The van der Waals surface area contributed by atoms with Gasteiger partial charge in [0, 0.05) is 16.2 Å². The van der Waals surface area contributed by atoms with E-state index in [0.717, 1.165) is 0 Å². The molecule has 0 amide bonds. The third kappa shape index (κ3) is 3.34. The Kier molecular flexibility index (Phi) is 4.95. The molecule has 0 aromatic heterocycles. The molecular weight excluding hydrogens is 303 g/mol. The summed E-state index contributed by atoms with van der Waals surface area (Å²) in [6.07, 6.45) is 0. The highest BCUT2D eigenvalue weighted by Gasteiger charge is 2.21. The molecular formula is C10H12Cl2O5S. The summed E-state index contributed by atoms with van der Waals surface area (Å²) in [6.45, 7) is 0. The van der Waals surface area contributed by atoms with Crippen LogP contribution >= 0.6 is 22.3 Å². The minimum atomic E-state index is -3.73. The van der Waals surface area contributed by atoms with Crippen molar-refractivity contribution in [2.45, 2.75) is 5.75 Å². The largest absolute Gasteiger partial charge is 0.495 e. The van der Waals surface area contributed by atoms with Crippen molar-refractivity contribution in [3.05, 3.63) is 16.7 Å². The van der Waals surface area contributed by atoms with E-state index in [4.69, 9.17) is 36.5 Å². The Morgan fingerprint density at radius 1 is 1.11 bits per heavy atom. The van der Waals surface area contributed by atoms with Crippen LogP contribution in [0.2, 0.25) is 5.02 Å². The lowest BCUT2D eigenvalue weighted by Gasteiger charge is -2.15. The third-order valence-corrected chi connectivity index (χ3v) is 3.50. The number of rotatable bonds is 5. The number of hydrogen-bond donors (Lipinski definition) is 0. The molecule has 102 valence electrons. The van der Waals surface area contributed by atoms with Crippen molar-refractivity contribution in [2.24, 2.45) is 0 Å². The van der Waals surface area contributed by atoms with E-state index in [1.54, 1.807) is 0 Å². The van der Waals surface area contributed by atoms with Crippen molar-refractivity contribution in [1.82, 2.24) is 0 Å². The Morgan fingerprint density at radius 2 is 1.67 bits per heavy atom. The Hall–Kier alpha value is -0.850. The van der Waals surface area contributed by atoms with Gasteiger partial charge in [-0.15, -0.1) is 0 Å². The van der Waals surface area contributed by atoms with Crippen LogP contribution in [-0.4, -0.2) is 29.7 Å². The quantitative estimate of drug-likeness (QED) is 0.781. The molecule has 18 heavy (non-hydrogen) atoms. The van der Waals surface area contributed by atoms with E-state index in [0.29, 0.717) is 11.3 Å². The van der Waals surface area contributed by atoms with E-state index in [-0.39, 0.29) is 16.5 Å². The number of methoxy groups -OCH3 is 3. The van der Waals surface area contributed by atoms with E-state index >= 15 is 0 Å². The summed E-state index contributed by atoms with van der Waals surface area (Å²) in [5.74, 6) is 0.349. The summed E-state index contributed by atoms with van der Waals surface area (Å²) in [7, 11) is 5.69. The molecule has 8 heteroatoms. The van der Waals surface area contributed by atoms with Gasteiger partial charge in [0.1, 0.15) is 10.8 Å². The van der Waals surface area contributed by atoms with Crippen molar-refractivity contribution in [3.63, 3.8) is 0 Å². The zero-order chi connectivity index (χ0) is 13.9. The molecule has 0 aliphatic rings. The maximum atomic E-state index is 11.1. The number of halogens is 2. The van der Waals surface area contributed by atoms with E-state index in [2.05, 4.69) is 0 Å². The van der Waals surface area contributed by atoms with Crippen molar-refractivity contribution >= 4 is 31.3 Å². The number of ether oxygens (including phenoxy) is 3. The first-order valence-corrected chi connectivity index (χ1v) is 7.59. The van der Waals surface area contributed by atoms with Gasteiger partial charge in [0.2, 0.25) is 9.05 Å². The molecule has 1 aromatic carbocycles. The molecule has 0 saturated heterocycles. The zero-order valence-electron chi connectivity index (χ0n) is 9.99. The minimum Gasteiger partial charge on any atom is -0.495 e. The average Bonchev–Trinajstić information content (AvgIpc) is 2.26. The summed E-state index contributed by atoms with van der Waals surface area (Å²) in [5, 5.41) is 0.134. The number of benzene rings is 1. The Bertz CT molecular complexity index is 542. The lowest BCUT2D eigenvalue weighted by Crippen LogP contribution is -2.02. The van der Waals surface area contributed by atoms with Crippen LogP contribution in [0.5, 0.6) is 17.2 Å². The molecule has 0 atom stereocenters. The standard InChI is InChI=1S/C10H12Cl2O5S/c1-15-7-4-6(5-18(12,13)14)9(16-2)8(11)10(7)17-3/h4H,5H2,1-3H3. The van der Waals surface area contributed by atoms with Gasteiger partial charge in [-0.3, -0.25) is 0 Å². The highest BCUT2D eigenvalue weighted by atomic mass is 35.7. The molecule has 1 rings (SSSR count). The van der Waals surface area contributed by atoms with E-state index in [1.165, 1.54) is 27.4 Å². The SMILES string of the molecule is COc1cc(CS(=O)(=O)Cl)c(OC)c(Cl)c1OC. The Balaban J connectivity index is 3.47. The maximum absolute atomic E-state index is 11.1. The maximum Gasteiger partial charge on any atom is 0.236 e. The second-order valence-corrected chi connectivity index (χ2v) is 6.46. The smallest absolute Gasteiger partial charge is 0.236 e. The van der Waals surface area contributed by atoms with E-state index in [9.17, 15) is 8.42 Å². The molecule has 0 unspecified atom stereocenters. The predicted octanol–water partition coefficient (Wildman–Crippen LogP) is 2.43. The third-order valence-electron chi connectivity index (χ3n) is 2.18. The van der Waals surface area contributed by atoms with Crippen LogP contribution in [0, 0.1) is 0 Å². The highest BCUT2D eigenvalue weighted by molar-refractivity contribution is 8.13. The topological polar surface area (TPSA) is 61.8 Å². The summed E-state index contributed by atoms with van der Waals surface area (Å²) in [4.78, 5) is 0. The minimum absolute atomic E-state index is 0.134. The zero-order valence-corrected chi connectivity index (χ0v) is 12.3. The van der Waals surface area contributed by atoms with Crippen molar-refractivity contribution in [3.8, 4) is 17.2 Å². The molecule has 5 nitrogen and oxygen atoms in total. The van der Waals surface area contributed by atoms with Crippen LogP contribution in [-0.2, 0) is 14.8 Å². The monoisotopic (exact) mass is 314 g/mol. The van der Waals surface area contributed by atoms with Gasteiger partial charge < -0.3 is 14.2 Å². The lowest BCUT2D eigenvalue weighted by molar-refractivity contribution is 0.348.